The van der Waals surface area contributed by atoms with E-state index < -0.39 is 11.0 Å². The van der Waals surface area contributed by atoms with E-state index in [2.05, 4.69) is 9.88 Å². The predicted molar refractivity (Wildman–Crippen MR) is 122 cm³/mol. The molecule has 0 spiro atoms. The number of nitrogens with one attached hydrogen (secondary N) is 1. The summed E-state index contributed by atoms with van der Waals surface area (Å²) in [6, 6.07) is 24.1. The van der Waals surface area contributed by atoms with Crippen LogP contribution in [0, 0.1) is 0 Å². The smallest absolute Gasteiger partial charge is 0.181 e. The predicted octanol–water partition coefficient (Wildman–Crippen LogP) is 5.07. The number of aromatic nitrogens is 1. The summed E-state index contributed by atoms with van der Waals surface area (Å²) in [5.74, 6) is 2.34. The van der Waals surface area contributed by atoms with E-state index in [0.717, 1.165) is 11.1 Å². The third-order valence-corrected chi connectivity index (χ3v) is 5.83. The first-order valence-electron chi connectivity index (χ1n) is 9.82. The van der Waals surface area contributed by atoms with Crippen molar-refractivity contribution in [2.24, 2.45) is 0 Å². The lowest BCUT2D eigenvalue weighted by Gasteiger charge is -2.14. The summed E-state index contributed by atoms with van der Waals surface area (Å²) >= 11 is 0. The standard InChI is InChI=1S/C24H22N2O5S/c1-28-19-12-7-6-11-18(19)22-15-23(25-31-22)26-32(27)24-20(29-2)13-8-14-21(24)30-16-17-9-4-3-5-10-17/h3-15H,16H2,1-2H3,(H,25,26). The quantitative estimate of drug-likeness (QED) is 0.383. The summed E-state index contributed by atoms with van der Waals surface area (Å²) in [6.07, 6.45) is 0. The SMILES string of the molecule is COc1ccccc1-c1cc(NS(=O)c2c(OC)cccc2OCc2ccccc2)no1. The first-order chi connectivity index (χ1) is 15.7. The van der Waals surface area contributed by atoms with Crippen molar-refractivity contribution < 1.29 is 22.9 Å². The average molecular weight is 451 g/mol. The monoisotopic (exact) mass is 450 g/mol. The molecule has 4 aromatic rings. The van der Waals surface area contributed by atoms with Gasteiger partial charge in [-0.05, 0) is 29.8 Å². The second kappa shape index (κ2) is 10.0. The summed E-state index contributed by atoms with van der Waals surface area (Å²) in [4.78, 5) is 0.382. The van der Waals surface area contributed by atoms with Crippen molar-refractivity contribution in [2.75, 3.05) is 18.9 Å². The largest absolute Gasteiger partial charge is 0.496 e. The Labute approximate surface area is 188 Å². The van der Waals surface area contributed by atoms with Crippen LogP contribution in [-0.2, 0) is 17.6 Å². The lowest BCUT2D eigenvalue weighted by Crippen LogP contribution is -2.09. The van der Waals surface area contributed by atoms with Gasteiger partial charge in [0.05, 0.1) is 19.8 Å². The summed E-state index contributed by atoms with van der Waals surface area (Å²) in [6.45, 7) is 0.333. The molecule has 0 aliphatic carbocycles. The number of anilines is 1. The second-order valence-electron chi connectivity index (χ2n) is 6.71. The van der Waals surface area contributed by atoms with Crippen LogP contribution in [0.4, 0.5) is 5.82 Å². The zero-order valence-corrected chi connectivity index (χ0v) is 18.4. The molecule has 1 heterocycles. The van der Waals surface area contributed by atoms with Crippen LogP contribution in [0.25, 0.3) is 11.3 Å². The van der Waals surface area contributed by atoms with Crippen LogP contribution in [0.15, 0.2) is 88.3 Å². The minimum Gasteiger partial charge on any atom is -0.496 e. The highest BCUT2D eigenvalue weighted by molar-refractivity contribution is 7.86. The first kappa shape index (κ1) is 21.5. The van der Waals surface area contributed by atoms with Crippen LogP contribution in [0.3, 0.4) is 0 Å². The molecule has 0 aliphatic rings. The molecule has 0 saturated carbocycles. The van der Waals surface area contributed by atoms with Gasteiger partial charge in [-0.1, -0.05) is 53.7 Å². The van der Waals surface area contributed by atoms with Gasteiger partial charge in [0.2, 0.25) is 0 Å². The Kier molecular flexibility index (Phi) is 6.72. The van der Waals surface area contributed by atoms with Crippen molar-refractivity contribution in [1.82, 2.24) is 5.16 Å². The van der Waals surface area contributed by atoms with Gasteiger partial charge in [0.1, 0.15) is 28.8 Å². The van der Waals surface area contributed by atoms with E-state index in [1.807, 2.05) is 54.6 Å². The van der Waals surface area contributed by atoms with Gasteiger partial charge in [-0.3, -0.25) is 4.72 Å². The zero-order valence-electron chi connectivity index (χ0n) is 17.6. The number of rotatable bonds is 9. The van der Waals surface area contributed by atoms with Crippen molar-refractivity contribution in [3.63, 3.8) is 0 Å². The lowest BCUT2D eigenvalue weighted by molar-refractivity contribution is 0.293. The fraction of sp³-hybridized carbons (Fsp3) is 0.125. The molecule has 8 heteroatoms. The Morgan fingerprint density at radius 1 is 0.875 bits per heavy atom. The van der Waals surface area contributed by atoms with Crippen molar-refractivity contribution in [3.05, 3.63) is 84.4 Å². The fourth-order valence-electron chi connectivity index (χ4n) is 3.13. The summed E-state index contributed by atoms with van der Waals surface area (Å²) in [5.41, 5.74) is 1.74. The van der Waals surface area contributed by atoms with Crippen LogP contribution >= 0.6 is 0 Å². The molecule has 1 atom stereocenters. The normalized spacial score (nSPS) is 11.6. The van der Waals surface area contributed by atoms with Gasteiger partial charge in [-0.2, -0.15) is 0 Å². The van der Waals surface area contributed by atoms with Crippen molar-refractivity contribution in [1.29, 1.82) is 0 Å². The topological polar surface area (TPSA) is 82.8 Å². The maximum absolute atomic E-state index is 13.2. The third-order valence-electron chi connectivity index (χ3n) is 4.67. The third kappa shape index (κ3) is 4.76. The van der Waals surface area contributed by atoms with Crippen molar-refractivity contribution >= 4 is 16.8 Å². The molecule has 0 saturated heterocycles. The zero-order chi connectivity index (χ0) is 22.3. The fourth-order valence-corrected chi connectivity index (χ4v) is 4.16. The molecule has 0 radical (unpaired) electrons. The van der Waals surface area contributed by atoms with Gasteiger partial charge < -0.3 is 18.7 Å². The molecule has 0 fully saturated rings. The molecule has 0 amide bonds. The van der Waals surface area contributed by atoms with Crippen LogP contribution in [0.1, 0.15) is 5.56 Å². The molecule has 0 bridgehead atoms. The van der Waals surface area contributed by atoms with Gasteiger partial charge >= 0.3 is 0 Å². The molecule has 3 aromatic carbocycles. The van der Waals surface area contributed by atoms with E-state index in [4.69, 9.17) is 18.7 Å². The van der Waals surface area contributed by atoms with E-state index in [9.17, 15) is 4.21 Å². The van der Waals surface area contributed by atoms with Gasteiger partial charge in [-0.25, -0.2) is 4.21 Å². The summed E-state index contributed by atoms with van der Waals surface area (Å²) < 4.78 is 38.3. The van der Waals surface area contributed by atoms with E-state index >= 15 is 0 Å². The summed E-state index contributed by atoms with van der Waals surface area (Å²) in [5, 5.41) is 4.00. The van der Waals surface area contributed by atoms with Gasteiger partial charge in [0.15, 0.2) is 22.6 Å². The molecule has 7 nitrogen and oxygen atoms in total. The molecule has 0 aliphatic heterocycles. The Morgan fingerprint density at radius 3 is 2.34 bits per heavy atom. The number of hydrogen-bond acceptors (Lipinski definition) is 6. The highest BCUT2D eigenvalue weighted by Gasteiger charge is 2.20. The number of methoxy groups -OCH3 is 2. The minimum absolute atomic E-state index is 0.309. The number of benzene rings is 3. The van der Waals surface area contributed by atoms with E-state index in [1.54, 1.807) is 31.4 Å². The van der Waals surface area contributed by atoms with Crippen LogP contribution in [-0.4, -0.2) is 23.6 Å². The van der Waals surface area contributed by atoms with Crippen LogP contribution in [0.2, 0.25) is 0 Å². The second-order valence-corrected chi connectivity index (χ2v) is 7.86. The van der Waals surface area contributed by atoms with Crippen molar-refractivity contribution in [2.45, 2.75) is 11.5 Å². The molecule has 1 N–H and O–H groups in total. The van der Waals surface area contributed by atoms with Crippen LogP contribution < -0.4 is 18.9 Å². The number of nitrogens with zero attached hydrogens (tertiary/aromatic N) is 1. The lowest BCUT2D eigenvalue weighted by atomic mass is 10.1. The Balaban J connectivity index is 1.56. The molecule has 164 valence electrons. The molecule has 32 heavy (non-hydrogen) atoms. The molecular weight excluding hydrogens is 428 g/mol. The highest BCUT2D eigenvalue weighted by Crippen LogP contribution is 2.34. The molecule has 1 unspecified atom stereocenters. The van der Waals surface area contributed by atoms with Gasteiger partial charge in [-0.15, -0.1) is 0 Å². The minimum atomic E-state index is -1.72. The Bertz CT molecular complexity index is 1210. The number of hydrogen-bond donors (Lipinski definition) is 1. The van der Waals surface area contributed by atoms with E-state index in [-0.39, 0.29) is 0 Å². The molecular formula is C24H22N2O5S. The summed E-state index contributed by atoms with van der Waals surface area (Å²) in [7, 11) is 1.39. The number of para-hydroxylation sites is 1. The maximum Gasteiger partial charge on any atom is 0.181 e. The molecule has 4 rings (SSSR count). The maximum atomic E-state index is 13.2. The average Bonchev–Trinajstić information content (AvgIpc) is 3.31. The molecule has 1 aromatic heterocycles. The number of ether oxygens (including phenoxy) is 3. The van der Waals surface area contributed by atoms with Gasteiger partial charge in [0, 0.05) is 6.07 Å². The van der Waals surface area contributed by atoms with Gasteiger partial charge in [0.25, 0.3) is 0 Å². The first-order valence-corrected chi connectivity index (χ1v) is 11.0. The Morgan fingerprint density at radius 2 is 1.56 bits per heavy atom. The van der Waals surface area contributed by atoms with Crippen LogP contribution in [0.5, 0.6) is 17.2 Å². The highest BCUT2D eigenvalue weighted by atomic mass is 32.2. The Hall–Kier alpha value is -3.78. The van der Waals surface area contributed by atoms with E-state index in [1.165, 1.54) is 7.11 Å². The van der Waals surface area contributed by atoms with E-state index in [0.29, 0.717) is 40.3 Å². The van der Waals surface area contributed by atoms with Crippen molar-refractivity contribution in [3.8, 4) is 28.6 Å².